The van der Waals surface area contributed by atoms with Crippen molar-refractivity contribution in [3.63, 3.8) is 0 Å². The van der Waals surface area contributed by atoms with Gasteiger partial charge in [-0.3, -0.25) is 14.7 Å². The molecule has 0 aliphatic carbocycles. The number of phenolic OH excluding ortho intramolecular Hbond substituents is 1. The van der Waals surface area contributed by atoms with E-state index in [-0.39, 0.29) is 11.3 Å². The number of aromatic hydroxyl groups is 1. The summed E-state index contributed by atoms with van der Waals surface area (Å²) in [5.74, 6) is 1.67. The number of ether oxygens (including phenoxy) is 1. The third kappa shape index (κ3) is 3.70. The zero-order chi connectivity index (χ0) is 19.8. The number of H-pyrrole nitrogens is 1. The Morgan fingerprint density at radius 2 is 2.17 bits per heavy atom. The highest BCUT2D eigenvalue weighted by Gasteiger charge is 2.24. The van der Waals surface area contributed by atoms with E-state index in [1.54, 1.807) is 18.2 Å². The molecule has 1 aromatic carbocycles. The molecule has 0 spiro atoms. The van der Waals surface area contributed by atoms with Crippen LogP contribution in [-0.2, 0) is 13.0 Å². The molecule has 2 aromatic rings. The van der Waals surface area contributed by atoms with Crippen LogP contribution in [0, 0.1) is 0 Å². The van der Waals surface area contributed by atoms with Gasteiger partial charge in [0.25, 0.3) is 5.56 Å². The van der Waals surface area contributed by atoms with Crippen molar-refractivity contribution in [2.24, 2.45) is 4.99 Å². The predicted molar refractivity (Wildman–Crippen MR) is 111 cm³/mol. The normalized spacial score (nSPS) is 18.9. The lowest BCUT2D eigenvalue weighted by molar-refractivity contribution is 0.254. The fourth-order valence-electron chi connectivity index (χ4n) is 4.23. The van der Waals surface area contributed by atoms with Crippen molar-refractivity contribution in [1.82, 2.24) is 14.9 Å². The Balaban J connectivity index is 1.34. The predicted octanol–water partition coefficient (Wildman–Crippen LogP) is 2.28. The summed E-state index contributed by atoms with van der Waals surface area (Å²) in [7, 11) is 0. The van der Waals surface area contributed by atoms with Gasteiger partial charge in [-0.15, -0.1) is 0 Å². The van der Waals surface area contributed by atoms with Gasteiger partial charge in [0.2, 0.25) is 0 Å². The maximum absolute atomic E-state index is 12.7. The van der Waals surface area contributed by atoms with E-state index in [2.05, 4.69) is 21.0 Å². The van der Waals surface area contributed by atoms with Crippen molar-refractivity contribution in [2.45, 2.75) is 32.2 Å². The lowest BCUT2D eigenvalue weighted by Gasteiger charge is -2.29. The van der Waals surface area contributed by atoms with Crippen molar-refractivity contribution in [1.29, 1.82) is 0 Å². The Morgan fingerprint density at radius 1 is 1.24 bits per heavy atom. The molecule has 0 unspecified atom stereocenters. The van der Waals surface area contributed by atoms with E-state index in [0.29, 0.717) is 19.0 Å². The molecule has 2 N–H and O–H groups in total. The quantitative estimate of drug-likeness (QED) is 0.836. The Morgan fingerprint density at radius 3 is 3.03 bits per heavy atom. The highest BCUT2D eigenvalue weighted by Crippen LogP contribution is 2.30. The molecule has 0 saturated carbocycles. The van der Waals surface area contributed by atoms with Gasteiger partial charge < -0.3 is 14.8 Å². The maximum atomic E-state index is 12.7. The molecule has 3 aliphatic heterocycles. The number of aromatic amines is 1. The summed E-state index contributed by atoms with van der Waals surface area (Å²) in [5, 5.41) is 9.70. The Labute approximate surface area is 168 Å². The van der Waals surface area contributed by atoms with Crippen LogP contribution in [0.1, 0.15) is 41.9 Å². The summed E-state index contributed by atoms with van der Waals surface area (Å²) in [6.07, 6.45) is 5.92. The van der Waals surface area contributed by atoms with Gasteiger partial charge in [0.05, 0.1) is 17.0 Å². The number of hydrogen-bond acceptors (Lipinski definition) is 6. The van der Waals surface area contributed by atoms with E-state index >= 15 is 0 Å². The third-order valence-corrected chi connectivity index (χ3v) is 5.74. The number of aromatic nitrogens is 2. The van der Waals surface area contributed by atoms with Gasteiger partial charge in [-0.2, -0.15) is 0 Å². The topological polar surface area (TPSA) is 90.8 Å². The summed E-state index contributed by atoms with van der Waals surface area (Å²) in [6.45, 7) is 3.49. The fourth-order valence-corrected chi connectivity index (χ4v) is 4.23. The van der Waals surface area contributed by atoms with Crippen LogP contribution in [0.15, 0.2) is 33.6 Å². The third-order valence-electron chi connectivity index (χ3n) is 5.74. The van der Waals surface area contributed by atoms with E-state index in [0.717, 1.165) is 79.2 Å². The zero-order valence-corrected chi connectivity index (χ0v) is 16.3. The van der Waals surface area contributed by atoms with Gasteiger partial charge in [0, 0.05) is 38.2 Å². The Hall–Kier alpha value is -2.93. The molecule has 7 nitrogen and oxygen atoms in total. The van der Waals surface area contributed by atoms with E-state index in [1.807, 2.05) is 0 Å². The average molecular weight is 392 g/mol. The van der Waals surface area contributed by atoms with Gasteiger partial charge >= 0.3 is 0 Å². The molecule has 29 heavy (non-hydrogen) atoms. The SMILES string of the molecule is O=c1[nH]c(C2=NCCCC2)nc2c1CN(CC1=Cc3cc(O)ccc3OC1)CC2. The van der Waals surface area contributed by atoms with Gasteiger partial charge in [-0.1, -0.05) is 0 Å². The number of fused-ring (bicyclic) bond motifs is 2. The van der Waals surface area contributed by atoms with Crippen LogP contribution >= 0.6 is 0 Å². The van der Waals surface area contributed by atoms with Crippen LogP contribution in [0.4, 0.5) is 0 Å². The van der Waals surface area contributed by atoms with Gasteiger partial charge in [0.1, 0.15) is 18.1 Å². The number of nitrogens with zero attached hydrogens (tertiary/aromatic N) is 3. The number of phenols is 1. The lowest BCUT2D eigenvalue weighted by atomic mass is 10.0. The first-order chi connectivity index (χ1) is 14.2. The first-order valence-electron chi connectivity index (χ1n) is 10.2. The molecular weight excluding hydrogens is 368 g/mol. The molecular formula is C22H24N4O3. The van der Waals surface area contributed by atoms with E-state index < -0.39 is 0 Å². The first-order valence-corrected chi connectivity index (χ1v) is 10.2. The summed E-state index contributed by atoms with van der Waals surface area (Å²) in [5.41, 5.74) is 4.56. The number of nitrogens with one attached hydrogen (secondary N) is 1. The second-order valence-corrected chi connectivity index (χ2v) is 7.90. The minimum absolute atomic E-state index is 0.0490. The van der Waals surface area contributed by atoms with Crippen LogP contribution in [-0.4, -0.2) is 51.9 Å². The van der Waals surface area contributed by atoms with Gasteiger partial charge in [-0.25, -0.2) is 4.98 Å². The molecule has 0 saturated heterocycles. The lowest BCUT2D eigenvalue weighted by Crippen LogP contribution is -2.38. The summed E-state index contributed by atoms with van der Waals surface area (Å²) in [6, 6.07) is 5.13. The number of hydrogen-bond donors (Lipinski definition) is 2. The molecule has 0 fully saturated rings. The summed E-state index contributed by atoms with van der Waals surface area (Å²) < 4.78 is 5.81. The molecule has 1 aromatic heterocycles. The smallest absolute Gasteiger partial charge is 0.255 e. The largest absolute Gasteiger partial charge is 0.508 e. The van der Waals surface area contributed by atoms with Gasteiger partial charge in [-0.05, 0) is 49.1 Å². The van der Waals surface area contributed by atoms with Crippen molar-refractivity contribution in [2.75, 3.05) is 26.2 Å². The van der Waals surface area contributed by atoms with Crippen LogP contribution in [0.2, 0.25) is 0 Å². The number of aliphatic imine (C=N–C) groups is 1. The highest BCUT2D eigenvalue weighted by atomic mass is 16.5. The van der Waals surface area contributed by atoms with Crippen molar-refractivity contribution < 1.29 is 9.84 Å². The molecule has 0 bridgehead atoms. The zero-order valence-electron chi connectivity index (χ0n) is 16.3. The average Bonchev–Trinajstić information content (AvgIpc) is 2.74. The second kappa shape index (κ2) is 7.48. The van der Waals surface area contributed by atoms with E-state index in [9.17, 15) is 9.90 Å². The minimum Gasteiger partial charge on any atom is -0.508 e. The van der Waals surface area contributed by atoms with Crippen molar-refractivity contribution >= 4 is 11.8 Å². The van der Waals surface area contributed by atoms with Crippen LogP contribution < -0.4 is 10.3 Å². The summed E-state index contributed by atoms with van der Waals surface area (Å²) >= 11 is 0. The standard InChI is InChI=1S/C22H24N4O3/c27-16-4-5-20-15(10-16)9-14(13-29-20)11-26-8-6-18-17(12-26)22(28)25-21(24-18)19-3-1-2-7-23-19/h4-5,9-10,27H,1-3,6-8,11-13H2,(H,24,25,28). The minimum atomic E-state index is -0.0490. The number of rotatable bonds is 3. The monoisotopic (exact) mass is 392 g/mol. The second-order valence-electron chi connectivity index (χ2n) is 7.90. The Bertz CT molecular complexity index is 1070. The molecule has 0 atom stereocenters. The first kappa shape index (κ1) is 18.1. The number of benzene rings is 1. The fraction of sp³-hybridized carbons (Fsp3) is 0.409. The highest BCUT2D eigenvalue weighted by molar-refractivity contribution is 5.97. The van der Waals surface area contributed by atoms with Crippen LogP contribution in [0.5, 0.6) is 11.5 Å². The van der Waals surface area contributed by atoms with Crippen LogP contribution in [0.3, 0.4) is 0 Å². The molecule has 5 rings (SSSR count). The molecule has 7 heteroatoms. The van der Waals surface area contributed by atoms with E-state index in [1.165, 1.54) is 0 Å². The Kier molecular flexibility index (Phi) is 4.67. The molecule has 150 valence electrons. The molecule has 4 heterocycles. The van der Waals surface area contributed by atoms with Crippen LogP contribution in [0.25, 0.3) is 6.08 Å². The summed E-state index contributed by atoms with van der Waals surface area (Å²) in [4.78, 5) is 27.2. The van der Waals surface area contributed by atoms with E-state index in [4.69, 9.17) is 9.72 Å². The van der Waals surface area contributed by atoms with Crippen molar-refractivity contribution in [3.05, 3.63) is 56.8 Å². The van der Waals surface area contributed by atoms with Gasteiger partial charge in [0.15, 0.2) is 5.82 Å². The molecule has 3 aliphatic rings. The molecule has 0 radical (unpaired) electrons. The van der Waals surface area contributed by atoms with Crippen molar-refractivity contribution in [3.8, 4) is 11.5 Å². The maximum Gasteiger partial charge on any atom is 0.255 e. The molecule has 0 amide bonds.